The number of nitrogens with two attached hydrogens (primary N) is 1. The van der Waals surface area contributed by atoms with E-state index in [-0.39, 0.29) is 17.6 Å². The first-order valence-corrected chi connectivity index (χ1v) is 8.50. The lowest BCUT2D eigenvalue weighted by molar-refractivity contribution is -0.118. The van der Waals surface area contributed by atoms with Crippen LogP contribution in [0.5, 0.6) is 0 Å². The molecule has 0 aliphatic carbocycles. The lowest BCUT2D eigenvalue weighted by Gasteiger charge is -2.12. The molecule has 0 saturated carbocycles. The topological polar surface area (TPSA) is 86.9 Å². The van der Waals surface area contributed by atoms with Crippen LogP contribution in [0.1, 0.15) is 24.2 Å². The zero-order chi connectivity index (χ0) is 16.9. The van der Waals surface area contributed by atoms with Crippen molar-refractivity contribution in [1.82, 2.24) is 14.8 Å². The Bertz CT molecular complexity index is 799. The highest BCUT2D eigenvalue weighted by Crippen LogP contribution is 2.35. The quantitative estimate of drug-likeness (QED) is 0.666. The zero-order valence-electron chi connectivity index (χ0n) is 13.3. The number of nitrogens with zero attached hydrogens (tertiary/aromatic N) is 3. The average molecular weight is 342 g/mol. The average Bonchev–Trinajstić information content (AvgIpc) is 3.23. The predicted molar refractivity (Wildman–Crippen MR) is 92.2 cm³/mol. The monoisotopic (exact) mass is 342 g/mol. The second-order valence-corrected chi connectivity index (χ2v) is 6.63. The van der Waals surface area contributed by atoms with E-state index in [4.69, 9.17) is 10.2 Å². The van der Waals surface area contributed by atoms with Crippen LogP contribution in [-0.4, -0.2) is 20.7 Å². The summed E-state index contributed by atoms with van der Waals surface area (Å²) in [4.78, 5) is 11.2. The second kappa shape index (κ2) is 7.35. The van der Waals surface area contributed by atoms with Crippen molar-refractivity contribution >= 4 is 17.7 Å². The van der Waals surface area contributed by atoms with E-state index in [0.29, 0.717) is 18.1 Å². The van der Waals surface area contributed by atoms with Crippen molar-refractivity contribution in [3.8, 4) is 11.6 Å². The zero-order valence-corrected chi connectivity index (χ0v) is 14.1. The second-order valence-electron chi connectivity index (χ2n) is 5.32. The predicted octanol–water partition coefficient (Wildman–Crippen LogP) is 3.27. The highest BCUT2D eigenvalue weighted by Gasteiger charge is 2.19. The van der Waals surface area contributed by atoms with E-state index >= 15 is 0 Å². The number of hydrogen-bond donors (Lipinski definition) is 1. The van der Waals surface area contributed by atoms with E-state index in [9.17, 15) is 4.79 Å². The number of hydrogen-bond acceptors (Lipinski definition) is 5. The Morgan fingerprint density at radius 3 is 2.71 bits per heavy atom. The molecule has 0 radical (unpaired) electrons. The summed E-state index contributed by atoms with van der Waals surface area (Å²) in [5, 5.41) is 9.45. The molecule has 2 heterocycles. The maximum Gasteiger partial charge on any atom is 0.219 e. The Balaban J connectivity index is 1.88. The van der Waals surface area contributed by atoms with Gasteiger partial charge in [-0.1, -0.05) is 42.1 Å². The Morgan fingerprint density at radius 2 is 2.04 bits per heavy atom. The highest BCUT2D eigenvalue weighted by atomic mass is 32.2. The van der Waals surface area contributed by atoms with Gasteiger partial charge in [-0.25, -0.2) is 0 Å². The fourth-order valence-electron chi connectivity index (χ4n) is 2.34. The first kappa shape index (κ1) is 16.3. The highest BCUT2D eigenvalue weighted by molar-refractivity contribution is 7.99. The minimum atomic E-state index is -0.360. The molecule has 1 aromatic carbocycles. The molecule has 6 nitrogen and oxygen atoms in total. The van der Waals surface area contributed by atoms with Gasteiger partial charge >= 0.3 is 0 Å². The first-order chi connectivity index (χ1) is 11.6. The van der Waals surface area contributed by atoms with Gasteiger partial charge in [0, 0.05) is 18.2 Å². The lowest BCUT2D eigenvalue weighted by Crippen LogP contribution is -2.15. The van der Waals surface area contributed by atoms with Crippen LogP contribution in [0.3, 0.4) is 0 Å². The van der Waals surface area contributed by atoms with Crippen LogP contribution in [0.25, 0.3) is 11.6 Å². The van der Waals surface area contributed by atoms with Crippen LogP contribution in [-0.2, 0) is 11.3 Å². The number of furan rings is 1. The maximum absolute atomic E-state index is 11.2. The molecule has 0 fully saturated rings. The fraction of sp³-hybridized carbons (Fsp3) is 0.235. The molecule has 24 heavy (non-hydrogen) atoms. The molecule has 2 N–H and O–H groups in total. The van der Waals surface area contributed by atoms with Crippen LogP contribution in [0.4, 0.5) is 0 Å². The minimum Gasteiger partial charge on any atom is -0.461 e. The number of amides is 1. The fourth-order valence-corrected chi connectivity index (χ4v) is 3.34. The molecule has 0 aliphatic heterocycles. The molecule has 124 valence electrons. The van der Waals surface area contributed by atoms with Crippen molar-refractivity contribution in [2.24, 2.45) is 5.73 Å². The summed E-state index contributed by atoms with van der Waals surface area (Å²) < 4.78 is 7.30. The molecule has 1 unspecified atom stereocenters. The van der Waals surface area contributed by atoms with E-state index in [1.165, 1.54) is 5.56 Å². The summed E-state index contributed by atoms with van der Waals surface area (Å²) in [6.45, 7) is 2.53. The van der Waals surface area contributed by atoms with E-state index in [1.54, 1.807) is 24.1 Å². The molecular weight excluding hydrogens is 324 g/mol. The summed E-state index contributed by atoms with van der Waals surface area (Å²) in [7, 11) is 0. The van der Waals surface area contributed by atoms with Crippen LogP contribution < -0.4 is 5.73 Å². The van der Waals surface area contributed by atoms with Crippen molar-refractivity contribution in [3.63, 3.8) is 0 Å². The van der Waals surface area contributed by atoms with Gasteiger partial charge in [-0.2, -0.15) is 0 Å². The van der Waals surface area contributed by atoms with E-state index in [2.05, 4.69) is 29.3 Å². The Labute approximate surface area is 144 Å². The number of rotatable bonds is 7. The lowest BCUT2D eigenvalue weighted by atomic mass is 10.2. The Hall–Kier alpha value is -2.54. The molecule has 1 amide bonds. The number of carbonyl (C=O) groups excluding carboxylic acids is 1. The maximum atomic E-state index is 11.2. The van der Waals surface area contributed by atoms with Gasteiger partial charge in [0.15, 0.2) is 16.7 Å². The largest absolute Gasteiger partial charge is 0.461 e. The minimum absolute atomic E-state index is 0.201. The summed E-state index contributed by atoms with van der Waals surface area (Å²) in [6.07, 6.45) is 1.81. The van der Waals surface area contributed by atoms with Gasteiger partial charge < -0.3 is 10.2 Å². The summed E-state index contributed by atoms with van der Waals surface area (Å²) in [6, 6.07) is 13.8. The van der Waals surface area contributed by atoms with Crippen LogP contribution in [0, 0.1) is 0 Å². The molecule has 3 rings (SSSR count). The van der Waals surface area contributed by atoms with Gasteiger partial charge in [-0.15, -0.1) is 10.2 Å². The third kappa shape index (κ3) is 3.68. The molecule has 0 bridgehead atoms. The van der Waals surface area contributed by atoms with E-state index < -0.39 is 0 Å². The molecule has 3 aromatic rings. The molecule has 0 spiro atoms. The van der Waals surface area contributed by atoms with Crippen molar-refractivity contribution in [2.45, 2.75) is 30.3 Å². The third-order valence-corrected chi connectivity index (χ3v) is 4.73. The van der Waals surface area contributed by atoms with Crippen molar-refractivity contribution in [1.29, 1.82) is 0 Å². The summed E-state index contributed by atoms with van der Waals surface area (Å²) in [5.74, 6) is 0.858. The van der Waals surface area contributed by atoms with Crippen molar-refractivity contribution < 1.29 is 9.21 Å². The molecule has 7 heteroatoms. The first-order valence-electron chi connectivity index (χ1n) is 7.62. The van der Waals surface area contributed by atoms with Gasteiger partial charge in [0.05, 0.1) is 6.26 Å². The molecule has 1 atom stereocenters. The molecule has 0 aliphatic rings. The van der Waals surface area contributed by atoms with Gasteiger partial charge in [0.2, 0.25) is 5.91 Å². The van der Waals surface area contributed by atoms with E-state index in [1.807, 2.05) is 28.8 Å². The van der Waals surface area contributed by atoms with Crippen LogP contribution >= 0.6 is 11.8 Å². The number of carbonyl (C=O) groups is 1. The van der Waals surface area contributed by atoms with E-state index in [0.717, 1.165) is 5.16 Å². The standard InChI is InChI=1S/C17H18N4O2S/c1-12(13-6-3-2-4-7-13)24-17-20-19-16(14-8-5-11-23-14)21(17)10-9-15(18)22/h2-8,11-12H,9-10H2,1H3,(H2,18,22). The SMILES string of the molecule is CC(Sc1nnc(-c2ccco2)n1CCC(N)=O)c1ccccc1. The van der Waals surface area contributed by atoms with Gasteiger partial charge in [-0.05, 0) is 24.6 Å². The summed E-state index contributed by atoms with van der Waals surface area (Å²) in [5.41, 5.74) is 6.50. The normalized spacial score (nSPS) is 12.2. The van der Waals surface area contributed by atoms with Gasteiger partial charge in [0.25, 0.3) is 0 Å². The van der Waals surface area contributed by atoms with Gasteiger partial charge in [0.1, 0.15) is 0 Å². The van der Waals surface area contributed by atoms with Crippen molar-refractivity contribution in [2.75, 3.05) is 0 Å². The van der Waals surface area contributed by atoms with Gasteiger partial charge in [-0.3, -0.25) is 9.36 Å². The molecule has 2 aromatic heterocycles. The van der Waals surface area contributed by atoms with Crippen LogP contribution in [0.15, 0.2) is 58.3 Å². The number of thioether (sulfide) groups is 1. The smallest absolute Gasteiger partial charge is 0.219 e. The molecular formula is C17H18N4O2S. The Morgan fingerprint density at radius 1 is 1.25 bits per heavy atom. The van der Waals surface area contributed by atoms with Crippen LogP contribution in [0.2, 0.25) is 0 Å². The Kier molecular flexibility index (Phi) is 5.00. The number of primary amides is 1. The summed E-state index contributed by atoms with van der Waals surface area (Å²) >= 11 is 1.59. The number of aromatic nitrogens is 3. The third-order valence-electron chi connectivity index (χ3n) is 3.59. The van der Waals surface area contributed by atoms with Crippen molar-refractivity contribution in [3.05, 3.63) is 54.3 Å². The molecule has 0 saturated heterocycles. The number of benzene rings is 1.